The number of nitriles is 2. The average Bonchev–Trinajstić information content (AvgIpc) is 3.99. The van der Waals surface area contributed by atoms with Crippen LogP contribution in [0.5, 0.6) is 0 Å². The molecule has 6 aromatic carbocycles. The third kappa shape index (κ3) is 9.03. The predicted octanol–water partition coefficient (Wildman–Crippen LogP) is 10.7. The molecule has 3 heterocycles. The number of halogens is 6. The molecule has 17 heteroatoms. The molecule has 0 saturated carbocycles. The highest BCUT2D eigenvalue weighted by molar-refractivity contribution is 6.32. The molecule has 0 aliphatic rings. The number of nitrogens with zero attached hydrogens (tertiary/aromatic N) is 3. The number of aromatic nitrogens is 3. The normalized spacial score (nSPS) is 10.8. The lowest BCUT2D eigenvalue weighted by molar-refractivity contribution is 0.0985. The quantitative estimate of drug-likeness (QED) is 0.103. The summed E-state index contributed by atoms with van der Waals surface area (Å²) in [7, 11) is 1.75. The Kier molecular flexibility index (Phi) is 12.7. The summed E-state index contributed by atoms with van der Waals surface area (Å²) >= 11 is 12.0. The average molecular weight is 928 g/mol. The van der Waals surface area contributed by atoms with Gasteiger partial charge in [0.2, 0.25) is 0 Å². The smallest absolute Gasteiger partial charge is 0.265 e. The molecule has 328 valence electrons. The number of benzene rings is 6. The molecule has 9 rings (SSSR count). The van der Waals surface area contributed by atoms with Gasteiger partial charge in [-0.1, -0.05) is 47.5 Å². The van der Waals surface area contributed by atoms with E-state index >= 15 is 0 Å². The lowest BCUT2D eigenvalue weighted by atomic mass is 10.00. The maximum absolute atomic E-state index is 13.8. The Hall–Kier alpha value is -8.37. The van der Waals surface area contributed by atoms with Crippen LogP contribution in [0, 0.1) is 52.9 Å². The van der Waals surface area contributed by atoms with E-state index in [-0.39, 0.29) is 22.2 Å². The van der Waals surface area contributed by atoms with E-state index in [0.717, 1.165) is 39.7 Å². The summed E-state index contributed by atoms with van der Waals surface area (Å²) in [6.45, 7) is 1.81. The van der Waals surface area contributed by atoms with Gasteiger partial charge in [0.15, 0.2) is 11.6 Å². The Balaban J connectivity index is 0.000000147. The summed E-state index contributed by atoms with van der Waals surface area (Å²) in [6, 6.07) is 31.1. The minimum Gasteiger partial charge on any atom is -0.364 e. The molecule has 0 fully saturated rings. The molecule has 0 spiro atoms. The van der Waals surface area contributed by atoms with Crippen molar-refractivity contribution in [2.45, 2.75) is 6.92 Å². The summed E-state index contributed by atoms with van der Waals surface area (Å²) in [5.41, 5.74) is 24.0. The molecule has 0 aliphatic heterocycles. The molecule has 66 heavy (non-hydrogen) atoms. The number of hydrogen-bond acceptors (Lipinski definition) is 5. The van der Waals surface area contributed by atoms with Crippen LogP contribution < -0.4 is 17.2 Å². The van der Waals surface area contributed by atoms with Crippen molar-refractivity contribution in [2.75, 3.05) is 0 Å². The van der Waals surface area contributed by atoms with Gasteiger partial charge in [-0.2, -0.15) is 10.5 Å². The van der Waals surface area contributed by atoms with Gasteiger partial charge >= 0.3 is 0 Å². The third-order valence-electron chi connectivity index (χ3n) is 10.6. The van der Waals surface area contributed by atoms with Gasteiger partial charge in [0, 0.05) is 44.9 Å². The lowest BCUT2D eigenvalue weighted by Gasteiger charge is -2.09. The lowest BCUT2D eigenvalue weighted by Crippen LogP contribution is -2.16. The second-order valence-electron chi connectivity index (χ2n) is 14.8. The van der Waals surface area contributed by atoms with Crippen LogP contribution in [0.4, 0.5) is 17.6 Å². The van der Waals surface area contributed by atoms with E-state index in [1.807, 2.05) is 13.0 Å². The zero-order valence-electron chi connectivity index (χ0n) is 34.5. The van der Waals surface area contributed by atoms with E-state index in [9.17, 15) is 31.9 Å². The highest BCUT2D eigenvalue weighted by atomic mass is 35.5. The number of rotatable bonds is 6. The summed E-state index contributed by atoms with van der Waals surface area (Å²) < 4.78 is 55.1. The van der Waals surface area contributed by atoms with Crippen LogP contribution in [0.3, 0.4) is 0 Å². The molecule has 8 N–H and O–H groups in total. The Morgan fingerprint density at radius 1 is 0.591 bits per heavy atom. The zero-order valence-corrected chi connectivity index (χ0v) is 36.0. The SMILES string of the molecule is Cc1c(C(N)=O)n(C)c2c(-c3ccc(Cl)c(F)c3)cc(Cl)cc12.N#Cc1cc(-c2ccc(F)c(F)c2)c2[nH]c(C(N)=O)cc2c1.N#Cc1cc(-c2ccc(F)cc2)c2[nH]c(C(N)=O)cc2c1. The third-order valence-corrected chi connectivity index (χ3v) is 11.1. The van der Waals surface area contributed by atoms with Crippen molar-refractivity contribution in [1.82, 2.24) is 14.5 Å². The van der Waals surface area contributed by atoms with Crippen LogP contribution in [0.25, 0.3) is 66.1 Å². The number of carbonyl (C=O) groups excluding carboxylic acids is 3. The van der Waals surface area contributed by atoms with Crippen molar-refractivity contribution < 1.29 is 31.9 Å². The van der Waals surface area contributed by atoms with Gasteiger partial charge in [-0.15, -0.1) is 0 Å². The highest BCUT2D eigenvalue weighted by Gasteiger charge is 2.21. The van der Waals surface area contributed by atoms with Gasteiger partial charge in [-0.25, -0.2) is 17.6 Å². The molecule has 9 aromatic rings. The zero-order chi connectivity index (χ0) is 47.7. The number of amides is 3. The van der Waals surface area contributed by atoms with Gasteiger partial charge in [0.1, 0.15) is 28.7 Å². The van der Waals surface area contributed by atoms with Crippen LogP contribution in [0.1, 0.15) is 48.2 Å². The summed E-state index contributed by atoms with van der Waals surface area (Å²) in [5.74, 6) is -4.55. The van der Waals surface area contributed by atoms with Crippen molar-refractivity contribution in [3.8, 4) is 45.5 Å². The second kappa shape index (κ2) is 18.4. The van der Waals surface area contributed by atoms with Crippen LogP contribution in [0.15, 0.2) is 109 Å². The van der Waals surface area contributed by atoms with Gasteiger partial charge in [-0.05, 0) is 114 Å². The fourth-order valence-electron chi connectivity index (χ4n) is 7.60. The number of aryl methyl sites for hydroxylation is 2. The number of carbonyl (C=O) groups is 3. The van der Waals surface area contributed by atoms with E-state index in [1.165, 1.54) is 42.5 Å². The Morgan fingerprint density at radius 2 is 1.09 bits per heavy atom. The summed E-state index contributed by atoms with van der Waals surface area (Å²) in [5, 5.41) is 20.9. The molecule has 0 unspecified atom stereocenters. The Labute approximate surface area is 382 Å². The minimum atomic E-state index is -0.991. The second-order valence-corrected chi connectivity index (χ2v) is 15.6. The molecule has 0 atom stereocenters. The molecule has 3 aromatic heterocycles. The molecule has 11 nitrogen and oxygen atoms in total. The molecular formula is C49H32Cl2F4N8O3. The van der Waals surface area contributed by atoms with Crippen molar-refractivity contribution in [3.05, 3.63) is 176 Å². The van der Waals surface area contributed by atoms with Gasteiger partial charge < -0.3 is 31.7 Å². The van der Waals surface area contributed by atoms with Gasteiger partial charge in [0.25, 0.3) is 17.7 Å². The fraction of sp³-hybridized carbons (Fsp3) is 0.0408. The Morgan fingerprint density at radius 3 is 1.59 bits per heavy atom. The molecule has 0 bridgehead atoms. The van der Waals surface area contributed by atoms with E-state index in [1.54, 1.807) is 66.2 Å². The van der Waals surface area contributed by atoms with Crippen molar-refractivity contribution in [2.24, 2.45) is 24.2 Å². The molecular weight excluding hydrogens is 895 g/mol. The number of nitrogens with one attached hydrogen (secondary N) is 2. The van der Waals surface area contributed by atoms with Gasteiger partial charge in [0.05, 0.1) is 44.8 Å². The van der Waals surface area contributed by atoms with E-state index in [4.69, 9.17) is 50.9 Å². The van der Waals surface area contributed by atoms with Crippen molar-refractivity contribution in [3.63, 3.8) is 0 Å². The van der Waals surface area contributed by atoms with Crippen LogP contribution in [-0.4, -0.2) is 32.3 Å². The Bertz CT molecular complexity index is 3550. The van der Waals surface area contributed by atoms with E-state index < -0.39 is 35.2 Å². The minimum absolute atomic E-state index is 0.0490. The first-order valence-corrected chi connectivity index (χ1v) is 20.1. The molecule has 0 radical (unpaired) electrons. The molecule has 3 amide bonds. The van der Waals surface area contributed by atoms with Crippen molar-refractivity contribution >= 4 is 73.6 Å². The summed E-state index contributed by atoms with van der Waals surface area (Å²) in [4.78, 5) is 40.1. The first kappa shape index (κ1) is 45.6. The van der Waals surface area contributed by atoms with Crippen LogP contribution >= 0.6 is 23.2 Å². The highest BCUT2D eigenvalue weighted by Crippen LogP contribution is 2.38. The molecule has 0 saturated heterocycles. The maximum atomic E-state index is 13.8. The summed E-state index contributed by atoms with van der Waals surface area (Å²) in [6.07, 6.45) is 0. The number of nitrogens with two attached hydrogens (primary N) is 3. The molecule has 0 aliphatic carbocycles. The number of primary amides is 3. The first-order chi connectivity index (χ1) is 31.4. The maximum Gasteiger partial charge on any atom is 0.265 e. The largest absolute Gasteiger partial charge is 0.364 e. The van der Waals surface area contributed by atoms with Crippen LogP contribution in [-0.2, 0) is 7.05 Å². The fourth-order valence-corrected chi connectivity index (χ4v) is 7.94. The predicted molar refractivity (Wildman–Crippen MR) is 245 cm³/mol. The topological polar surface area (TPSA) is 213 Å². The van der Waals surface area contributed by atoms with E-state index in [2.05, 4.69) is 16.0 Å². The number of fused-ring (bicyclic) bond motifs is 3. The van der Waals surface area contributed by atoms with E-state index in [0.29, 0.717) is 65.9 Å². The monoisotopic (exact) mass is 926 g/mol. The standard InChI is InChI=1S/C17H13Cl2FN2O.C16H9F2N3O.C16H10FN3O/c1-8-11-6-10(18)7-12(9-3-4-13(19)14(20)5-9)16(11)22(2)15(8)17(21)23;17-12-2-1-9(5-13(12)18)11-4-8(7-19)3-10-6-14(16(20)22)21-15(10)11;17-12-3-1-10(2-4-12)13-6-9(8-18)5-11-7-14(16(19)21)20-15(11)13/h3-7H,1-2H3,(H2,21,23);1-6,21H,(H2,20,22);1-7,20H,(H2,19,21). The number of aromatic amines is 2. The first-order valence-electron chi connectivity index (χ1n) is 19.4. The van der Waals surface area contributed by atoms with Crippen molar-refractivity contribution in [1.29, 1.82) is 10.5 Å². The van der Waals surface area contributed by atoms with Gasteiger partial charge in [-0.3, -0.25) is 14.4 Å². The van der Waals surface area contributed by atoms with Crippen LogP contribution in [0.2, 0.25) is 10.0 Å². The number of hydrogen-bond donors (Lipinski definition) is 5. The number of H-pyrrole nitrogens is 2.